The van der Waals surface area contributed by atoms with Crippen molar-refractivity contribution in [3.05, 3.63) is 53.7 Å². The Bertz CT molecular complexity index is 783. The number of amides is 1. The van der Waals surface area contributed by atoms with Crippen LogP contribution in [-0.2, 0) is 4.79 Å². The number of para-hydroxylation sites is 1. The van der Waals surface area contributed by atoms with Gasteiger partial charge in [-0.05, 0) is 30.7 Å². The van der Waals surface area contributed by atoms with Gasteiger partial charge in [0.2, 0.25) is 5.91 Å². The largest absolute Gasteiger partial charge is 0.357 e. The molecule has 3 rings (SSSR count). The van der Waals surface area contributed by atoms with Crippen LogP contribution in [-0.4, -0.2) is 23.5 Å². The zero-order chi connectivity index (χ0) is 16.4. The molecule has 0 bridgehead atoms. The normalized spacial score (nSPS) is 17.2. The Hall–Kier alpha value is -3.01. The summed E-state index contributed by atoms with van der Waals surface area (Å²) in [5.74, 6) is -1.74. The third-order valence-corrected chi connectivity index (χ3v) is 3.65. The molecule has 1 aliphatic heterocycles. The third-order valence-electron chi connectivity index (χ3n) is 3.65. The molecule has 1 aromatic heterocycles. The molecule has 1 aromatic carbocycles. The summed E-state index contributed by atoms with van der Waals surface area (Å²) in [7, 11) is 0. The summed E-state index contributed by atoms with van der Waals surface area (Å²) in [5.41, 5.74) is -0.0425. The minimum absolute atomic E-state index is 0.184. The maximum Gasteiger partial charge on any atom is 0.249 e. The fourth-order valence-corrected chi connectivity index (χ4v) is 2.56. The lowest BCUT2D eigenvalue weighted by molar-refractivity contribution is -0.117. The predicted molar refractivity (Wildman–Crippen MR) is 79.7 cm³/mol. The molecule has 7 heteroatoms. The van der Waals surface area contributed by atoms with Crippen LogP contribution in [0.25, 0.3) is 0 Å². The van der Waals surface area contributed by atoms with Gasteiger partial charge in [-0.2, -0.15) is 5.26 Å². The maximum absolute atomic E-state index is 13.8. The van der Waals surface area contributed by atoms with Crippen molar-refractivity contribution in [2.75, 3.05) is 16.8 Å². The van der Waals surface area contributed by atoms with E-state index < -0.39 is 23.6 Å². The monoisotopic (exact) mass is 314 g/mol. The van der Waals surface area contributed by atoms with E-state index in [2.05, 4.69) is 10.3 Å². The van der Waals surface area contributed by atoms with Crippen LogP contribution < -0.4 is 10.2 Å². The van der Waals surface area contributed by atoms with Gasteiger partial charge in [-0.1, -0.05) is 6.07 Å². The molecule has 5 nitrogen and oxygen atoms in total. The van der Waals surface area contributed by atoms with Crippen LogP contribution in [0.3, 0.4) is 0 Å². The summed E-state index contributed by atoms with van der Waals surface area (Å²) in [6.07, 6.45) is 1.85. The van der Waals surface area contributed by atoms with Gasteiger partial charge in [-0.15, -0.1) is 0 Å². The lowest BCUT2D eigenvalue weighted by Gasteiger charge is -2.18. The molecule has 23 heavy (non-hydrogen) atoms. The number of nitrogens with one attached hydrogen (secondary N) is 1. The van der Waals surface area contributed by atoms with Crippen molar-refractivity contribution < 1.29 is 13.6 Å². The quantitative estimate of drug-likeness (QED) is 0.945. The second-order valence-electron chi connectivity index (χ2n) is 5.06. The van der Waals surface area contributed by atoms with Crippen molar-refractivity contribution in [3.8, 4) is 6.07 Å². The zero-order valence-corrected chi connectivity index (χ0v) is 12.0. The van der Waals surface area contributed by atoms with Gasteiger partial charge in [-0.3, -0.25) is 4.79 Å². The van der Waals surface area contributed by atoms with E-state index in [4.69, 9.17) is 5.26 Å². The van der Waals surface area contributed by atoms with Gasteiger partial charge in [0, 0.05) is 12.7 Å². The molecule has 1 amide bonds. The number of nitrogens with zero attached hydrogens (tertiary/aromatic N) is 3. The highest BCUT2D eigenvalue weighted by molar-refractivity contribution is 6.01. The van der Waals surface area contributed by atoms with E-state index in [0.29, 0.717) is 12.0 Å². The molecule has 1 fully saturated rings. The molecule has 0 aliphatic carbocycles. The van der Waals surface area contributed by atoms with E-state index in [1.165, 1.54) is 12.3 Å². The van der Waals surface area contributed by atoms with E-state index in [-0.39, 0.29) is 18.1 Å². The van der Waals surface area contributed by atoms with E-state index >= 15 is 0 Å². The van der Waals surface area contributed by atoms with Crippen molar-refractivity contribution in [2.24, 2.45) is 0 Å². The van der Waals surface area contributed by atoms with Crippen LogP contribution in [0.5, 0.6) is 0 Å². The molecule has 1 N–H and O–H groups in total. The average Bonchev–Trinajstić information content (AvgIpc) is 2.89. The first kappa shape index (κ1) is 14.9. The van der Waals surface area contributed by atoms with Crippen molar-refractivity contribution in [1.29, 1.82) is 5.26 Å². The van der Waals surface area contributed by atoms with Crippen LogP contribution in [0, 0.1) is 23.0 Å². The van der Waals surface area contributed by atoms with E-state index in [1.54, 1.807) is 12.1 Å². The highest BCUT2D eigenvalue weighted by atomic mass is 19.1. The number of anilines is 2. The van der Waals surface area contributed by atoms with Crippen molar-refractivity contribution >= 4 is 17.4 Å². The Labute approximate surface area is 131 Å². The van der Waals surface area contributed by atoms with Gasteiger partial charge in [0.15, 0.2) is 0 Å². The summed E-state index contributed by atoms with van der Waals surface area (Å²) in [5, 5.41) is 11.9. The molecule has 1 unspecified atom stereocenters. The lowest BCUT2D eigenvalue weighted by Crippen LogP contribution is -2.34. The van der Waals surface area contributed by atoms with Gasteiger partial charge in [-0.25, -0.2) is 13.8 Å². The van der Waals surface area contributed by atoms with Crippen LogP contribution in [0.1, 0.15) is 12.0 Å². The molecule has 2 heterocycles. The zero-order valence-electron chi connectivity index (χ0n) is 12.0. The Morgan fingerprint density at radius 3 is 2.70 bits per heavy atom. The number of halogens is 2. The molecule has 0 spiro atoms. The molecule has 1 aliphatic rings. The van der Waals surface area contributed by atoms with E-state index in [0.717, 1.165) is 17.0 Å². The van der Waals surface area contributed by atoms with Crippen LogP contribution >= 0.6 is 0 Å². The van der Waals surface area contributed by atoms with E-state index in [9.17, 15) is 13.6 Å². The highest BCUT2D eigenvalue weighted by Gasteiger charge is 2.35. The van der Waals surface area contributed by atoms with Crippen molar-refractivity contribution in [3.63, 3.8) is 0 Å². The molecule has 2 aromatic rings. The SMILES string of the molecule is N#Cc1cccnc1NC1CCN(c2c(F)cccc2F)C1=O. The molecule has 0 radical (unpaired) electrons. The van der Waals surface area contributed by atoms with Gasteiger partial charge in [0.05, 0.1) is 5.56 Å². The number of hydrogen-bond donors (Lipinski definition) is 1. The first-order chi connectivity index (χ1) is 11.1. The summed E-state index contributed by atoms with van der Waals surface area (Å²) in [6.45, 7) is 0.184. The molecule has 1 saturated heterocycles. The number of carbonyl (C=O) groups excluding carboxylic acids is 1. The Morgan fingerprint density at radius 2 is 2.00 bits per heavy atom. The average molecular weight is 314 g/mol. The van der Waals surface area contributed by atoms with Crippen LogP contribution in [0.15, 0.2) is 36.5 Å². The Morgan fingerprint density at radius 1 is 1.26 bits per heavy atom. The lowest BCUT2D eigenvalue weighted by atomic mass is 10.2. The number of rotatable bonds is 3. The van der Waals surface area contributed by atoms with Crippen molar-refractivity contribution in [2.45, 2.75) is 12.5 Å². The third kappa shape index (κ3) is 2.71. The first-order valence-electron chi connectivity index (χ1n) is 6.99. The van der Waals surface area contributed by atoms with Crippen LogP contribution in [0.4, 0.5) is 20.3 Å². The predicted octanol–water partition coefficient (Wildman–Crippen LogP) is 2.45. The number of hydrogen-bond acceptors (Lipinski definition) is 4. The number of benzene rings is 1. The summed E-state index contributed by atoms with van der Waals surface area (Å²) >= 11 is 0. The van der Waals surface area contributed by atoms with Crippen LogP contribution in [0.2, 0.25) is 0 Å². The molecular formula is C16H12F2N4O. The second-order valence-corrected chi connectivity index (χ2v) is 5.06. The molecule has 116 valence electrons. The van der Waals surface area contributed by atoms with Crippen molar-refractivity contribution in [1.82, 2.24) is 4.98 Å². The van der Waals surface area contributed by atoms with E-state index in [1.807, 2.05) is 6.07 Å². The standard InChI is InChI=1S/C16H12F2N4O/c17-11-4-1-5-12(18)14(11)22-8-6-13(16(22)23)21-15-10(9-19)3-2-7-20-15/h1-5,7,13H,6,8H2,(H,20,21). The minimum atomic E-state index is -0.783. The Balaban J connectivity index is 1.84. The first-order valence-corrected chi connectivity index (χ1v) is 6.99. The Kier molecular flexibility index (Phi) is 3.89. The molecular weight excluding hydrogens is 302 g/mol. The molecule has 1 atom stereocenters. The number of carbonyl (C=O) groups is 1. The topological polar surface area (TPSA) is 69.0 Å². The number of pyridine rings is 1. The highest BCUT2D eigenvalue weighted by Crippen LogP contribution is 2.28. The van der Waals surface area contributed by atoms with Gasteiger partial charge in [0.1, 0.15) is 35.3 Å². The smallest absolute Gasteiger partial charge is 0.249 e. The fourth-order valence-electron chi connectivity index (χ4n) is 2.56. The number of nitriles is 1. The maximum atomic E-state index is 13.8. The second kappa shape index (κ2) is 6.01. The van der Waals surface area contributed by atoms with Gasteiger partial charge < -0.3 is 10.2 Å². The minimum Gasteiger partial charge on any atom is -0.357 e. The fraction of sp³-hybridized carbons (Fsp3) is 0.188. The molecule has 0 saturated carbocycles. The summed E-state index contributed by atoms with van der Waals surface area (Å²) in [6, 6.07) is 7.94. The number of aromatic nitrogens is 1. The van der Waals surface area contributed by atoms with Gasteiger partial charge >= 0.3 is 0 Å². The summed E-state index contributed by atoms with van der Waals surface area (Å²) < 4.78 is 27.7. The van der Waals surface area contributed by atoms with Gasteiger partial charge in [0.25, 0.3) is 0 Å². The summed E-state index contributed by atoms with van der Waals surface area (Å²) in [4.78, 5) is 17.5.